The van der Waals surface area contributed by atoms with E-state index in [1.807, 2.05) is 74.5 Å². The number of aliphatic hydroxyl groups is 2. The number of nitrogens with one attached hydrogen (secondary N) is 1. The highest BCUT2D eigenvalue weighted by Crippen LogP contribution is 2.49. The molecule has 2 unspecified atom stereocenters. The third-order valence-electron chi connectivity index (χ3n) is 11.2. The van der Waals surface area contributed by atoms with Crippen molar-refractivity contribution < 1.29 is 38.1 Å². The molecule has 3 N–H and O–H groups in total. The molecule has 3 heterocycles. The number of unbranched alkanes of at least 4 members (excludes halogenated alkanes) is 1. The SMILES string of the molecule is CCOc1ccc2c(c1)CC(NCCCCO)C(=O)N2c1ccc2c(c1)[C@H](OC)[C@@H](C)[C@H](C(CC(=O)N1Cc3ccccc3C[C@H]1CO)[Si](C)(C)F)O2. The van der Waals surface area contributed by atoms with Crippen LogP contribution in [0, 0.1) is 5.92 Å². The Labute approximate surface area is 313 Å². The summed E-state index contributed by atoms with van der Waals surface area (Å²) in [6.45, 7) is 8.59. The Kier molecular flexibility index (Phi) is 12.2. The van der Waals surface area contributed by atoms with Gasteiger partial charge in [0.25, 0.3) is 0 Å². The lowest BCUT2D eigenvalue weighted by atomic mass is 9.85. The summed E-state index contributed by atoms with van der Waals surface area (Å²) >= 11 is 0. The van der Waals surface area contributed by atoms with Gasteiger partial charge in [-0.2, -0.15) is 0 Å². The Morgan fingerprint density at radius 2 is 1.83 bits per heavy atom. The largest absolute Gasteiger partial charge is 0.494 e. The van der Waals surface area contributed by atoms with Crippen molar-refractivity contribution in [3.8, 4) is 11.5 Å². The maximum Gasteiger partial charge on any atom is 0.249 e. The van der Waals surface area contributed by atoms with Gasteiger partial charge in [-0.3, -0.25) is 14.5 Å². The number of amides is 2. The Morgan fingerprint density at radius 1 is 1.06 bits per heavy atom. The molecular formula is C41H54FN3O7Si. The molecule has 0 fully saturated rings. The maximum absolute atomic E-state index is 16.4. The summed E-state index contributed by atoms with van der Waals surface area (Å²) < 4.78 is 35.0. The standard InChI is InChI=1S/C41H54FN3O7Si/c1-6-51-32-14-15-35-29(20-32)21-34(43-17-9-10-18-46)41(49)45(35)30-13-16-36-33(22-30)39(50-3)26(2)40(52-36)37(53(4,5)42)23-38(48)44-24-28-12-8-7-11-27(28)19-31(44)25-47/h7-8,11-16,20,22,26,31,34,37,39-40,43,46-47H,6,9-10,17-19,21,23-25H2,1-5H3/t26-,31+,34?,37?,39-,40-/m1/s1. The molecule has 0 radical (unpaired) electrons. The van der Waals surface area contributed by atoms with E-state index in [0.29, 0.717) is 50.4 Å². The molecule has 3 aromatic carbocycles. The van der Waals surface area contributed by atoms with Gasteiger partial charge in [-0.15, -0.1) is 0 Å². The fraction of sp³-hybridized carbons (Fsp3) is 0.512. The first-order valence-electron chi connectivity index (χ1n) is 18.9. The van der Waals surface area contributed by atoms with Crippen LogP contribution in [-0.2, 0) is 33.7 Å². The zero-order valence-corrected chi connectivity index (χ0v) is 32.5. The smallest absolute Gasteiger partial charge is 0.249 e. The van der Waals surface area contributed by atoms with Gasteiger partial charge in [0.1, 0.15) is 17.6 Å². The van der Waals surface area contributed by atoms with Crippen molar-refractivity contribution in [2.45, 2.75) is 95.4 Å². The Morgan fingerprint density at radius 3 is 2.53 bits per heavy atom. The topological polar surface area (TPSA) is 121 Å². The molecule has 6 atom stereocenters. The number of nitrogens with zero attached hydrogens (tertiary/aromatic N) is 2. The number of halogens is 1. The molecule has 2 amide bonds. The molecule has 0 aliphatic carbocycles. The van der Waals surface area contributed by atoms with Crippen LogP contribution in [0.25, 0.3) is 0 Å². The van der Waals surface area contributed by atoms with E-state index < -0.39 is 32.2 Å². The average molecular weight is 748 g/mol. The van der Waals surface area contributed by atoms with Crippen LogP contribution in [0.3, 0.4) is 0 Å². The first kappa shape index (κ1) is 38.9. The number of methoxy groups -OCH3 is 1. The zero-order valence-electron chi connectivity index (χ0n) is 31.5. The highest BCUT2D eigenvalue weighted by Gasteiger charge is 2.49. The number of hydrogen-bond donors (Lipinski definition) is 3. The third-order valence-corrected chi connectivity index (χ3v) is 13.4. The molecule has 12 heteroatoms. The molecule has 0 saturated heterocycles. The molecule has 0 aromatic heterocycles. The van der Waals surface area contributed by atoms with Crippen LogP contribution < -0.4 is 19.7 Å². The summed E-state index contributed by atoms with van der Waals surface area (Å²) in [4.78, 5) is 31.6. The predicted octanol–water partition coefficient (Wildman–Crippen LogP) is 6.00. The lowest BCUT2D eigenvalue weighted by molar-refractivity contribution is -0.136. The van der Waals surface area contributed by atoms with Crippen LogP contribution in [0.4, 0.5) is 15.5 Å². The second-order valence-electron chi connectivity index (χ2n) is 15.1. The number of carbonyl (C=O) groups excluding carboxylic acids is 2. The molecule has 3 aliphatic heterocycles. The summed E-state index contributed by atoms with van der Waals surface area (Å²) in [5, 5.41) is 22.9. The fourth-order valence-electron chi connectivity index (χ4n) is 8.32. The average Bonchev–Trinajstić information content (AvgIpc) is 3.14. The number of carbonyl (C=O) groups is 2. The van der Waals surface area contributed by atoms with Crippen molar-refractivity contribution in [3.63, 3.8) is 0 Å². The Bertz CT molecular complexity index is 1770. The predicted molar refractivity (Wildman–Crippen MR) is 205 cm³/mol. The van der Waals surface area contributed by atoms with E-state index in [-0.39, 0.29) is 43.4 Å². The molecular weight excluding hydrogens is 694 g/mol. The number of ether oxygens (including phenoxy) is 3. The van der Waals surface area contributed by atoms with Gasteiger partial charge >= 0.3 is 0 Å². The van der Waals surface area contributed by atoms with Gasteiger partial charge < -0.3 is 38.7 Å². The molecule has 286 valence electrons. The molecule has 0 bridgehead atoms. The highest BCUT2D eigenvalue weighted by atomic mass is 28.4. The third kappa shape index (κ3) is 8.17. The number of fused-ring (bicyclic) bond motifs is 3. The summed E-state index contributed by atoms with van der Waals surface area (Å²) in [6.07, 6.45) is 1.29. The maximum atomic E-state index is 16.4. The first-order chi connectivity index (χ1) is 25.5. The fourth-order valence-corrected chi connectivity index (χ4v) is 10.1. The quantitative estimate of drug-likeness (QED) is 0.104. The van der Waals surface area contributed by atoms with Crippen LogP contribution in [0.5, 0.6) is 11.5 Å². The highest BCUT2D eigenvalue weighted by molar-refractivity contribution is 6.72. The van der Waals surface area contributed by atoms with Crippen LogP contribution in [-0.4, -0.2) is 87.0 Å². The van der Waals surface area contributed by atoms with E-state index in [1.54, 1.807) is 30.0 Å². The van der Waals surface area contributed by atoms with Gasteiger partial charge in [-0.05, 0) is 105 Å². The molecule has 53 heavy (non-hydrogen) atoms. The molecule has 3 aromatic rings. The second-order valence-corrected chi connectivity index (χ2v) is 18.9. The summed E-state index contributed by atoms with van der Waals surface area (Å²) in [5.41, 5.74) is 4.63. The number of aliphatic hydroxyl groups excluding tert-OH is 2. The molecule has 0 spiro atoms. The molecule has 6 rings (SSSR count). The van der Waals surface area contributed by atoms with Crippen molar-refractivity contribution >= 4 is 31.6 Å². The number of rotatable bonds is 14. The molecule has 0 saturated carbocycles. The molecule has 3 aliphatic rings. The Balaban J connectivity index is 1.29. The van der Waals surface area contributed by atoms with Crippen LogP contribution in [0.2, 0.25) is 18.6 Å². The van der Waals surface area contributed by atoms with E-state index in [1.165, 1.54) is 0 Å². The second kappa shape index (κ2) is 16.7. The lowest BCUT2D eigenvalue weighted by Gasteiger charge is -2.44. The van der Waals surface area contributed by atoms with Gasteiger partial charge in [-0.25, -0.2) is 0 Å². The molecule has 10 nitrogen and oxygen atoms in total. The lowest BCUT2D eigenvalue weighted by Crippen LogP contribution is -2.51. The zero-order chi connectivity index (χ0) is 37.9. The van der Waals surface area contributed by atoms with Crippen LogP contribution >= 0.6 is 0 Å². The minimum absolute atomic E-state index is 0.0390. The van der Waals surface area contributed by atoms with Crippen LogP contribution in [0.1, 0.15) is 61.5 Å². The van der Waals surface area contributed by atoms with Crippen molar-refractivity contribution in [2.75, 3.05) is 38.4 Å². The van der Waals surface area contributed by atoms with Crippen molar-refractivity contribution in [1.82, 2.24) is 10.2 Å². The van der Waals surface area contributed by atoms with Gasteiger partial charge in [0, 0.05) is 49.4 Å². The number of anilines is 2. The van der Waals surface area contributed by atoms with E-state index in [9.17, 15) is 19.8 Å². The van der Waals surface area contributed by atoms with Gasteiger partial charge in [0.2, 0.25) is 20.2 Å². The normalized spacial score (nSPS) is 23.1. The van der Waals surface area contributed by atoms with Gasteiger partial charge in [0.15, 0.2) is 0 Å². The Hall–Kier alpha value is -3.81. The summed E-state index contributed by atoms with van der Waals surface area (Å²) in [7, 11) is -1.88. The van der Waals surface area contributed by atoms with E-state index >= 15 is 4.11 Å². The summed E-state index contributed by atoms with van der Waals surface area (Å²) in [5.74, 6) is 0.670. The van der Waals surface area contributed by atoms with Crippen molar-refractivity contribution in [2.24, 2.45) is 5.92 Å². The first-order valence-corrected chi connectivity index (χ1v) is 21.9. The van der Waals surface area contributed by atoms with E-state index in [4.69, 9.17) is 14.2 Å². The van der Waals surface area contributed by atoms with Gasteiger partial charge in [-0.1, -0.05) is 31.2 Å². The van der Waals surface area contributed by atoms with Gasteiger partial charge in [0.05, 0.1) is 37.1 Å². The van der Waals surface area contributed by atoms with E-state index in [0.717, 1.165) is 40.1 Å². The monoisotopic (exact) mass is 747 g/mol. The minimum Gasteiger partial charge on any atom is -0.494 e. The number of benzene rings is 3. The summed E-state index contributed by atoms with van der Waals surface area (Å²) in [6, 6.07) is 18.5. The van der Waals surface area contributed by atoms with E-state index in [2.05, 4.69) is 5.32 Å². The van der Waals surface area contributed by atoms with Crippen molar-refractivity contribution in [1.29, 1.82) is 0 Å². The van der Waals surface area contributed by atoms with Crippen LogP contribution in [0.15, 0.2) is 60.7 Å². The van der Waals surface area contributed by atoms with Crippen molar-refractivity contribution in [3.05, 3.63) is 82.9 Å². The number of hydrogen-bond acceptors (Lipinski definition) is 8. The minimum atomic E-state index is -3.51.